The van der Waals surface area contributed by atoms with E-state index in [9.17, 15) is 0 Å². The molecule has 2 heterocycles. The van der Waals surface area contributed by atoms with Crippen LogP contribution in [-0.2, 0) is 15.9 Å². The predicted octanol–water partition coefficient (Wildman–Crippen LogP) is 1.97. The summed E-state index contributed by atoms with van der Waals surface area (Å²) in [5, 5.41) is 0. The van der Waals surface area contributed by atoms with Crippen molar-refractivity contribution >= 4 is 0 Å². The zero-order valence-electron chi connectivity index (χ0n) is 9.85. The molecule has 2 aliphatic heterocycles. The van der Waals surface area contributed by atoms with E-state index in [0.29, 0.717) is 25.9 Å². The molecule has 1 fully saturated rings. The largest absolute Gasteiger partial charge is 0.454 e. The van der Waals surface area contributed by atoms with Crippen molar-refractivity contribution in [2.45, 2.75) is 19.6 Å². The minimum atomic E-state index is -0.0691. The summed E-state index contributed by atoms with van der Waals surface area (Å²) in [7, 11) is 0. The van der Waals surface area contributed by atoms with E-state index in [1.54, 1.807) is 0 Å². The van der Waals surface area contributed by atoms with Crippen molar-refractivity contribution < 1.29 is 18.9 Å². The Balaban J connectivity index is 1.68. The molecule has 1 saturated heterocycles. The molecule has 0 saturated carbocycles. The zero-order valence-corrected chi connectivity index (χ0v) is 9.85. The highest BCUT2D eigenvalue weighted by molar-refractivity contribution is 5.44. The van der Waals surface area contributed by atoms with Crippen molar-refractivity contribution in [2.24, 2.45) is 5.92 Å². The van der Waals surface area contributed by atoms with E-state index in [1.807, 2.05) is 12.1 Å². The molecular formula is C13H16O4. The van der Waals surface area contributed by atoms with Gasteiger partial charge in [-0.05, 0) is 24.1 Å². The monoisotopic (exact) mass is 236 g/mol. The first-order chi connectivity index (χ1) is 8.33. The second-order valence-corrected chi connectivity index (χ2v) is 4.48. The lowest BCUT2D eigenvalue weighted by Gasteiger charge is -2.17. The molecule has 4 heteroatoms. The van der Waals surface area contributed by atoms with E-state index in [0.717, 1.165) is 17.9 Å². The molecule has 17 heavy (non-hydrogen) atoms. The highest BCUT2D eigenvalue weighted by Gasteiger charge is 2.24. The van der Waals surface area contributed by atoms with Crippen LogP contribution in [0.2, 0.25) is 0 Å². The lowest BCUT2D eigenvalue weighted by atomic mass is 10.0. The zero-order chi connectivity index (χ0) is 11.7. The van der Waals surface area contributed by atoms with Gasteiger partial charge in [-0.25, -0.2) is 0 Å². The van der Waals surface area contributed by atoms with Crippen LogP contribution in [0.4, 0.5) is 0 Å². The topological polar surface area (TPSA) is 36.9 Å². The molecule has 0 aliphatic carbocycles. The van der Waals surface area contributed by atoms with Crippen molar-refractivity contribution in [3.63, 3.8) is 0 Å². The fourth-order valence-corrected chi connectivity index (χ4v) is 2.24. The van der Waals surface area contributed by atoms with E-state index >= 15 is 0 Å². The second kappa shape index (κ2) is 4.55. The van der Waals surface area contributed by atoms with Crippen molar-refractivity contribution in [1.29, 1.82) is 0 Å². The summed E-state index contributed by atoms with van der Waals surface area (Å²) in [5.74, 6) is 2.01. The SMILES string of the molecule is CC(Cc1ccc2c(c1)OCO2)C1OCCO1. The summed E-state index contributed by atoms with van der Waals surface area (Å²) in [6.07, 6.45) is 0.849. The van der Waals surface area contributed by atoms with Gasteiger partial charge in [0.05, 0.1) is 13.2 Å². The van der Waals surface area contributed by atoms with Gasteiger partial charge in [0.25, 0.3) is 0 Å². The summed E-state index contributed by atoms with van der Waals surface area (Å²) in [5.41, 5.74) is 1.22. The molecule has 4 nitrogen and oxygen atoms in total. The van der Waals surface area contributed by atoms with Crippen LogP contribution in [0.15, 0.2) is 18.2 Å². The summed E-state index contributed by atoms with van der Waals surface area (Å²) in [4.78, 5) is 0. The Kier molecular flexibility index (Phi) is 2.91. The molecule has 3 rings (SSSR count). The lowest BCUT2D eigenvalue weighted by Crippen LogP contribution is -2.20. The molecule has 0 amide bonds. The number of ether oxygens (including phenoxy) is 4. The van der Waals surface area contributed by atoms with Crippen LogP contribution < -0.4 is 9.47 Å². The summed E-state index contributed by atoms with van der Waals surface area (Å²) < 4.78 is 21.7. The standard InChI is InChI=1S/C13H16O4/c1-9(13-14-4-5-15-13)6-10-2-3-11-12(7-10)17-8-16-11/h2-3,7,9,13H,4-6,8H2,1H3. The Bertz CT molecular complexity index is 398. The van der Waals surface area contributed by atoms with E-state index in [-0.39, 0.29) is 6.29 Å². The maximum atomic E-state index is 5.50. The van der Waals surface area contributed by atoms with Crippen molar-refractivity contribution in [3.05, 3.63) is 23.8 Å². The van der Waals surface area contributed by atoms with Crippen molar-refractivity contribution in [1.82, 2.24) is 0 Å². The van der Waals surface area contributed by atoms with Crippen LogP contribution >= 0.6 is 0 Å². The summed E-state index contributed by atoms with van der Waals surface area (Å²) in [6.45, 7) is 3.87. The number of benzene rings is 1. The first-order valence-corrected chi connectivity index (χ1v) is 5.94. The molecule has 0 spiro atoms. The smallest absolute Gasteiger partial charge is 0.231 e. The fraction of sp³-hybridized carbons (Fsp3) is 0.538. The molecule has 0 bridgehead atoms. The fourth-order valence-electron chi connectivity index (χ4n) is 2.24. The number of fused-ring (bicyclic) bond motifs is 1. The van der Waals surface area contributed by atoms with Crippen LogP contribution in [0.25, 0.3) is 0 Å². The molecule has 1 aromatic carbocycles. The van der Waals surface area contributed by atoms with Gasteiger partial charge in [0.2, 0.25) is 6.79 Å². The highest BCUT2D eigenvalue weighted by atomic mass is 16.7. The van der Waals surface area contributed by atoms with Gasteiger partial charge in [-0.1, -0.05) is 13.0 Å². The molecule has 0 aromatic heterocycles. The van der Waals surface area contributed by atoms with Gasteiger partial charge in [0, 0.05) is 5.92 Å². The minimum absolute atomic E-state index is 0.0691. The Morgan fingerprint density at radius 1 is 1.18 bits per heavy atom. The normalized spacial score (nSPS) is 20.8. The van der Waals surface area contributed by atoms with Gasteiger partial charge < -0.3 is 18.9 Å². The molecule has 0 N–H and O–H groups in total. The molecule has 1 aromatic rings. The number of rotatable bonds is 3. The molecule has 1 unspecified atom stereocenters. The van der Waals surface area contributed by atoms with Crippen LogP contribution in [0.1, 0.15) is 12.5 Å². The quantitative estimate of drug-likeness (QED) is 0.804. The van der Waals surface area contributed by atoms with Crippen LogP contribution in [0.3, 0.4) is 0 Å². The van der Waals surface area contributed by atoms with E-state index in [4.69, 9.17) is 18.9 Å². The van der Waals surface area contributed by atoms with Gasteiger partial charge in [-0.3, -0.25) is 0 Å². The number of hydrogen-bond acceptors (Lipinski definition) is 4. The molecule has 1 atom stereocenters. The van der Waals surface area contributed by atoms with Gasteiger partial charge in [0.1, 0.15) is 0 Å². The Labute approximate surface area is 100 Å². The maximum absolute atomic E-state index is 5.50. The second-order valence-electron chi connectivity index (χ2n) is 4.48. The molecular weight excluding hydrogens is 220 g/mol. The van der Waals surface area contributed by atoms with E-state index < -0.39 is 0 Å². The van der Waals surface area contributed by atoms with Gasteiger partial charge in [-0.2, -0.15) is 0 Å². The average molecular weight is 236 g/mol. The third kappa shape index (κ3) is 2.23. The van der Waals surface area contributed by atoms with Crippen LogP contribution in [0, 0.1) is 5.92 Å². The average Bonchev–Trinajstić information content (AvgIpc) is 2.99. The Morgan fingerprint density at radius 3 is 2.76 bits per heavy atom. The summed E-state index contributed by atoms with van der Waals surface area (Å²) >= 11 is 0. The van der Waals surface area contributed by atoms with Crippen molar-refractivity contribution in [2.75, 3.05) is 20.0 Å². The van der Waals surface area contributed by atoms with E-state index in [2.05, 4.69) is 13.0 Å². The highest BCUT2D eigenvalue weighted by Crippen LogP contribution is 2.33. The maximum Gasteiger partial charge on any atom is 0.231 e. The molecule has 92 valence electrons. The van der Waals surface area contributed by atoms with Crippen molar-refractivity contribution in [3.8, 4) is 11.5 Å². The Hall–Kier alpha value is -1.26. The molecule has 2 aliphatic rings. The summed E-state index contributed by atoms with van der Waals surface area (Å²) in [6, 6.07) is 6.06. The third-order valence-corrected chi connectivity index (χ3v) is 3.11. The van der Waals surface area contributed by atoms with Gasteiger partial charge in [0.15, 0.2) is 17.8 Å². The van der Waals surface area contributed by atoms with Crippen LogP contribution in [0.5, 0.6) is 11.5 Å². The van der Waals surface area contributed by atoms with Gasteiger partial charge in [-0.15, -0.1) is 0 Å². The number of hydrogen-bond donors (Lipinski definition) is 0. The molecule has 0 radical (unpaired) electrons. The first-order valence-electron chi connectivity index (χ1n) is 5.94. The van der Waals surface area contributed by atoms with Crippen LogP contribution in [-0.4, -0.2) is 26.3 Å². The van der Waals surface area contributed by atoms with Gasteiger partial charge >= 0.3 is 0 Å². The third-order valence-electron chi connectivity index (χ3n) is 3.11. The van der Waals surface area contributed by atoms with E-state index in [1.165, 1.54) is 5.56 Å². The lowest BCUT2D eigenvalue weighted by molar-refractivity contribution is -0.0780. The predicted molar refractivity (Wildman–Crippen MR) is 61.1 cm³/mol. The Morgan fingerprint density at radius 2 is 1.94 bits per heavy atom. The first kappa shape index (κ1) is 10.9. The minimum Gasteiger partial charge on any atom is -0.454 e.